The van der Waals surface area contributed by atoms with Crippen LogP contribution < -0.4 is 0 Å². The van der Waals surface area contributed by atoms with E-state index < -0.39 is 0 Å². The number of ketones is 2. The number of aromatic nitrogens is 1. The van der Waals surface area contributed by atoms with Gasteiger partial charge in [-0.2, -0.15) is 0 Å². The Morgan fingerprint density at radius 3 is 1.81 bits per heavy atom. The zero-order chi connectivity index (χ0) is 27.4. The average Bonchev–Trinajstić information content (AvgIpc) is 3.56. The van der Waals surface area contributed by atoms with E-state index in [-0.39, 0.29) is 11.8 Å². The van der Waals surface area contributed by atoms with Crippen LogP contribution in [0.15, 0.2) is 59.0 Å². The predicted octanol–water partition coefficient (Wildman–Crippen LogP) is 9.68. The minimum absolute atomic E-state index is 0.150. The maximum Gasteiger partial charge on any atom is 0.166 e. The number of para-hydroxylation sites is 1. The van der Waals surface area contributed by atoms with E-state index in [0.29, 0.717) is 23.4 Å². The number of Topliss-reactive ketones (excluding diaryl/α,β-unsaturated/α-hetero) is 2. The topological polar surface area (TPSA) is 51.7 Å². The molecule has 13 rings (SSSR count). The molecule has 204 valence electrons. The Morgan fingerprint density at radius 2 is 1.14 bits per heavy atom. The molecule has 0 spiro atoms. The second kappa shape index (κ2) is 7.42. The number of furan rings is 1. The molecule has 0 N–H and O–H groups in total. The van der Waals surface area contributed by atoms with Gasteiger partial charge in [0.15, 0.2) is 11.6 Å². The van der Waals surface area contributed by atoms with Crippen molar-refractivity contribution in [2.45, 2.75) is 63.2 Å². The molecular weight excluding hydrogens is 518 g/mol. The first-order valence-electron chi connectivity index (χ1n) is 15.9. The van der Waals surface area contributed by atoms with Crippen molar-refractivity contribution in [3.8, 4) is 0 Å². The lowest BCUT2D eigenvalue weighted by Crippen LogP contribution is -2.15. The zero-order valence-electron chi connectivity index (χ0n) is 23.3. The smallest absolute Gasteiger partial charge is 0.166 e. The Morgan fingerprint density at radius 1 is 0.571 bits per heavy atom. The summed E-state index contributed by atoms with van der Waals surface area (Å²) in [5.41, 5.74) is 9.46. The molecule has 7 aromatic rings. The number of nitrogens with zero attached hydrogens (tertiary/aromatic N) is 1. The van der Waals surface area contributed by atoms with Gasteiger partial charge in [-0.1, -0.05) is 18.2 Å². The van der Waals surface area contributed by atoms with Crippen LogP contribution in [0, 0.1) is 11.8 Å². The van der Waals surface area contributed by atoms with E-state index in [2.05, 4.69) is 52.9 Å². The third-order valence-corrected chi connectivity index (χ3v) is 11.8. The quantitative estimate of drug-likeness (QED) is 0.190. The van der Waals surface area contributed by atoms with Crippen LogP contribution in [0.3, 0.4) is 0 Å². The summed E-state index contributed by atoms with van der Waals surface area (Å²) in [7, 11) is 0. The van der Waals surface area contributed by atoms with Crippen LogP contribution in [-0.4, -0.2) is 16.0 Å². The van der Waals surface area contributed by atoms with E-state index in [1.54, 1.807) is 0 Å². The van der Waals surface area contributed by atoms with Gasteiger partial charge in [0.1, 0.15) is 11.2 Å². The van der Waals surface area contributed by atoms with Crippen molar-refractivity contribution in [3.05, 3.63) is 76.9 Å². The van der Waals surface area contributed by atoms with Crippen molar-refractivity contribution in [3.63, 3.8) is 0 Å². The number of fused-ring (bicyclic) bond motifs is 14. The fourth-order valence-corrected chi connectivity index (χ4v) is 9.78. The molecule has 4 heteroatoms. The third kappa shape index (κ3) is 2.54. The Hall–Kier alpha value is -4.18. The molecule has 42 heavy (non-hydrogen) atoms. The molecule has 6 aliphatic carbocycles. The summed E-state index contributed by atoms with van der Waals surface area (Å²) in [5, 5.41) is 7.00. The lowest BCUT2D eigenvalue weighted by atomic mass is 9.82. The highest BCUT2D eigenvalue weighted by atomic mass is 16.3. The van der Waals surface area contributed by atoms with Gasteiger partial charge in [-0.05, 0) is 111 Å². The summed E-state index contributed by atoms with van der Waals surface area (Å²) in [6.45, 7) is 0. The number of benzene rings is 4. The van der Waals surface area contributed by atoms with E-state index in [9.17, 15) is 9.59 Å². The van der Waals surface area contributed by atoms with Crippen LogP contribution in [0.5, 0.6) is 0 Å². The lowest BCUT2D eigenvalue weighted by molar-refractivity contribution is 0.0891. The predicted molar refractivity (Wildman–Crippen MR) is 166 cm³/mol. The summed E-state index contributed by atoms with van der Waals surface area (Å²) in [6.07, 6.45) is 8.42. The Labute approximate surface area is 241 Å². The van der Waals surface area contributed by atoms with Gasteiger partial charge in [0.2, 0.25) is 0 Å². The first-order valence-corrected chi connectivity index (χ1v) is 15.9. The second-order valence-corrected chi connectivity index (χ2v) is 13.7. The summed E-state index contributed by atoms with van der Waals surface area (Å²) in [5.74, 6) is 1.87. The fraction of sp³-hybridized carbons (Fsp3) is 0.316. The van der Waals surface area contributed by atoms with E-state index in [0.717, 1.165) is 106 Å². The largest absolute Gasteiger partial charge is 0.455 e. The molecule has 0 radical (unpaired) electrons. The Kier molecular flexibility index (Phi) is 3.96. The molecule has 0 atom stereocenters. The van der Waals surface area contributed by atoms with Crippen molar-refractivity contribution in [1.82, 2.24) is 4.40 Å². The van der Waals surface area contributed by atoms with Crippen LogP contribution >= 0.6 is 0 Å². The molecule has 2 fully saturated rings. The van der Waals surface area contributed by atoms with Crippen molar-refractivity contribution in [2.24, 2.45) is 11.8 Å². The first-order chi connectivity index (χ1) is 20.6. The van der Waals surface area contributed by atoms with Crippen molar-refractivity contribution >= 4 is 71.6 Å². The zero-order valence-corrected chi connectivity index (χ0v) is 23.3. The molecule has 3 aromatic heterocycles. The maximum absolute atomic E-state index is 13.8. The minimum atomic E-state index is 0.150. The summed E-state index contributed by atoms with van der Waals surface area (Å²) in [4.78, 5) is 27.6. The fourth-order valence-electron chi connectivity index (χ4n) is 9.78. The molecule has 4 nitrogen and oxygen atoms in total. The lowest BCUT2D eigenvalue weighted by Gasteiger charge is -2.22. The van der Waals surface area contributed by atoms with E-state index in [1.807, 2.05) is 6.07 Å². The average molecular weight is 548 g/mol. The number of hydrogen-bond acceptors (Lipinski definition) is 3. The normalized spacial score (nSPS) is 25.4. The third-order valence-electron chi connectivity index (χ3n) is 11.8. The summed E-state index contributed by atoms with van der Waals surface area (Å²) < 4.78 is 9.02. The molecule has 4 bridgehead atoms. The number of carbonyl (C=O) groups is 2. The van der Waals surface area contributed by atoms with Gasteiger partial charge in [0.05, 0.1) is 21.9 Å². The van der Waals surface area contributed by atoms with Crippen molar-refractivity contribution in [2.75, 3.05) is 0 Å². The molecule has 0 unspecified atom stereocenters. The Balaban J connectivity index is 1.37. The van der Waals surface area contributed by atoms with Crippen LogP contribution in [0.4, 0.5) is 0 Å². The first kappa shape index (κ1) is 22.4. The van der Waals surface area contributed by atoms with Crippen LogP contribution in [-0.2, 0) is 0 Å². The van der Waals surface area contributed by atoms with Crippen molar-refractivity contribution < 1.29 is 14.0 Å². The highest BCUT2D eigenvalue weighted by molar-refractivity contribution is 6.33. The van der Waals surface area contributed by atoms with E-state index >= 15 is 0 Å². The molecule has 6 aliphatic rings. The van der Waals surface area contributed by atoms with Gasteiger partial charge in [0.25, 0.3) is 0 Å². The SMILES string of the molecule is O=C1c2cc3c(cc2C2CCC1CC2)c1cc2c4ccccc4oc2c2c4cc5c(cc4n3c12)C(=O)C1CCC5CC1. The van der Waals surface area contributed by atoms with Crippen LogP contribution in [0.2, 0.25) is 0 Å². The molecule has 4 aromatic carbocycles. The molecule has 0 saturated heterocycles. The van der Waals surface area contributed by atoms with Gasteiger partial charge < -0.3 is 8.82 Å². The van der Waals surface area contributed by atoms with Gasteiger partial charge in [0, 0.05) is 49.9 Å². The maximum atomic E-state index is 13.8. The summed E-state index contributed by atoms with van der Waals surface area (Å²) >= 11 is 0. The van der Waals surface area contributed by atoms with Gasteiger partial charge in [-0.25, -0.2) is 0 Å². The van der Waals surface area contributed by atoms with Gasteiger partial charge in [-0.15, -0.1) is 0 Å². The van der Waals surface area contributed by atoms with Crippen LogP contribution in [0.1, 0.15) is 95.0 Å². The molecular formula is C38H29NO3. The van der Waals surface area contributed by atoms with Crippen molar-refractivity contribution in [1.29, 1.82) is 0 Å². The summed E-state index contributed by atoms with van der Waals surface area (Å²) in [6, 6.07) is 19.8. The monoisotopic (exact) mass is 547 g/mol. The highest BCUT2D eigenvalue weighted by Crippen LogP contribution is 2.51. The minimum Gasteiger partial charge on any atom is -0.455 e. The second-order valence-electron chi connectivity index (χ2n) is 13.7. The van der Waals surface area contributed by atoms with Gasteiger partial charge in [-0.3, -0.25) is 9.59 Å². The standard InChI is InChI=1S/C38H29NO3/c40-36-20-9-5-18(6-10-20)23-13-25-26-15-29-22-3-1-2-4-33(22)42-38(29)34-30-14-24-19-7-11-21(12-8-19)37(41)28(24)17-32(30)39(35(26)34)31(25)16-27(23)36/h1-4,13-21H,5-12H2. The van der Waals surface area contributed by atoms with E-state index in [4.69, 9.17) is 4.42 Å². The number of hydrogen-bond donors (Lipinski definition) is 0. The number of carbonyl (C=O) groups excluding carboxylic acids is 2. The number of rotatable bonds is 0. The molecule has 0 amide bonds. The Bertz CT molecular complexity index is 2370. The molecule has 2 saturated carbocycles. The van der Waals surface area contributed by atoms with Crippen LogP contribution in [0.25, 0.3) is 60.0 Å². The highest BCUT2D eigenvalue weighted by Gasteiger charge is 2.38. The molecule has 3 heterocycles. The van der Waals surface area contributed by atoms with Gasteiger partial charge >= 0.3 is 0 Å². The molecule has 0 aliphatic heterocycles. The van der Waals surface area contributed by atoms with E-state index in [1.165, 1.54) is 27.3 Å².